The summed E-state index contributed by atoms with van der Waals surface area (Å²) in [5.41, 5.74) is 1.96. The highest BCUT2D eigenvalue weighted by Gasteiger charge is 2.16. The summed E-state index contributed by atoms with van der Waals surface area (Å²) < 4.78 is 12.4. The van der Waals surface area contributed by atoms with Crippen molar-refractivity contribution < 1.29 is 9.18 Å². The summed E-state index contributed by atoms with van der Waals surface area (Å²) in [6, 6.07) is 0. The lowest BCUT2D eigenvalue weighted by molar-refractivity contribution is -0.119. The van der Waals surface area contributed by atoms with Crippen LogP contribution in [0, 0.1) is 0 Å². The Hall–Kier alpha value is -1.38. The molecule has 0 atom stereocenters. The van der Waals surface area contributed by atoms with Gasteiger partial charge in [-0.15, -0.1) is 0 Å². The Morgan fingerprint density at radius 2 is 2.21 bits per heavy atom. The molecule has 0 spiro atoms. The molecular weight excluding hydrogens is 181 g/mol. The number of halogens is 1. The fourth-order valence-corrected chi connectivity index (χ4v) is 1.63. The van der Waals surface area contributed by atoms with Crippen molar-refractivity contribution in [2.75, 3.05) is 6.54 Å². The fourth-order valence-electron chi connectivity index (χ4n) is 1.63. The minimum absolute atomic E-state index is 0.0394. The average Bonchev–Trinajstić information content (AvgIpc) is 2.81. The van der Waals surface area contributed by atoms with E-state index in [1.165, 1.54) is 0 Å². The molecule has 2 bridgehead atoms. The van der Waals surface area contributed by atoms with E-state index in [2.05, 4.69) is 5.32 Å². The zero-order chi connectivity index (χ0) is 9.97. The van der Waals surface area contributed by atoms with Crippen LogP contribution in [0.25, 0.3) is 0 Å². The van der Waals surface area contributed by atoms with Gasteiger partial charge in [-0.25, -0.2) is 4.39 Å². The zero-order valence-corrected chi connectivity index (χ0v) is 7.85. The van der Waals surface area contributed by atoms with Crippen LogP contribution in [0.1, 0.15) is 19.3 Å². The van der Waals surface area contributed by atoms with Crippen LogP contribution in [-0.4, -0.2) is 12.5 Å². The number of rotatable bonds is 0. The van der Waals surface area contributed by atoms with Crippen LogP contribution in [0.2, 0.25) is 0 Å². The second-order valence-electron chi connectivity index (χ2n) is 3.56. The molecule has 0 unspecified atom stereocenters. The minimum atomic E-state index is -0.0394. The third-order valence-electron chi connectivity index (χ3n) is 2.41. The van der Waals surface area contributed by atoms with Crippen molar-refractivity contribution in [1.29, 1.82) is 0 Å². The number of amides is 1. The highest BCUT2D eigenvalue weighted by Crippen LogP contribution is 2.33. The summed E-state index contributed by atoms with van der Waals surface area (Å²) in [5, 5.41) is 2.68. The predicted octanol–water partition coefficient (Wildman–Crippen LogP) is 2.01. The van der Waals surface area contributed by atoms with Crippen molar-refractivity contribution in [3.63, 3.8) is 0 Å². The maximum absolute atomic E-state index is 12.4. The second kappa shape index (κ2) is 3.78. The summed E-state index contributed by atoms with van der Waals surface area (Å²) in [5.74, 6) is 0.164. The minimum Gasteiger partial charge on any atom is -0.356 e. The van der Waals surface area contributed by atoms with E-state index in [1.54, 1.807) is 6.08 Å². The molecule has 0 aromatic carbocycles. The molecular formula is C11H12FNO. The first-order chi connectivity index (χ1) is 6.75. The number of carbonyl (C=O) groups excluding carboxylic acids is 1. The second-order valence-corrected chi connectivity index (χ2v) is 3.56. The number of fused-ring (bicyclic) bond motifs is 2. The van der Waals surface area contributed by atoms with Gasteiger partial charge < -0.3 is 5.32 Å². The first kappa shape index (κ1) is 9.19. The van der Waals surface area contributed by atoms with Crippen molar-refractivity contribution in [2.24, 2.45) is 0 Å². The molecule has 3 heteroatoms. The summed E-state index contributed by atoms with van der Waals surface area (Å²) in [6.07, 6.45) is 7.98. The number of nitrogens with one attached hydrogen (secondary N) is 1. The molecule has 0 aromatic heterocycles. The topological polar surface area (TPSA) is 29.1 Å². The maximum atomic E-state index is 12.4. The lowest BCUT2D eigenvalue weighted by Crippen LogP contribution is -2.12. The molecule has 2 nitrogen and oxygen atoms in total. The molecule has 2 aliphatic carbocycles. The molecule has 1 heterocycles. The highest BCUT2D eigenvalue weighted by molar-refractivity contribution is 5.77. The maximum Gasteiger partial charge on any atom is 0.220 e. The normalized spacial score (nSPS) is 22.1. The molecule has 74 valence electrons. The fraction of sp³-hybridized carbons (Fsp3) is 0.364. The van der Waals surface area contributed by atoms with Gasteiger partial charge in [0.2, 0.25) is 5.91 Å². The third-order valence-corrected chi connectivity index (χ3v) is 2.41. The highest BCUT2D eigenvalue weighted by atomic mass is 19.1. The van der Waals surface area contributed by atoms with Gasteiger partial charge in [-0.3, -0.25) is 4.79 Å². The average molecular weight is 193 g/mol. The Kier molecular flexibility index (Phi) is 2.48. The Balaban J connectivity index is 0.000000112. The van der Waals surface area contributed by atoms with Crippen molar-refractivity contribution in [3.8, 4) is 0 Å². The van der Waals surface area contributed by atoms with Crippen LogP contribution in [0.5, 0.6) is 0 Å². The Morgan fingerprint density at radius 3 is 2.43 bits per heavy atom. The van der Waals surface area contributed by atoms with Crippen molar-refractivity contribution in [2.45, 2.75) is 19.3 Å². The predicted molar refractivity (Wildman–Crippen MR) is 52.2 cm³/mol. The number of hydrogen-bond acceptors (Lipinski definition) is 1. The lowest BCUT2D eigenvalue weighted by atomic mass is 10.3. The van der Waals surface area contributed by atoms with Gasteiger partial charge in [-0.2, -0.15) is 0 Å². The summed E-state index contributed by atoms with van der Waals surface area (Å²) in [4.78, 5) is 10.1. The zero-order valence-electron chi connectivity index (χ0n) is 7.85. The number of hydrogen-bond donors (Lipinski definition) is 1. The van der Waals surface area contributed by atoms with Gasteiger partial charge >= 0.3 is 0 Å². The largest absolute Gasteiger partial charge is 0.356 e. The SMILES string of the molecule is FC1=C2C=CC(=C1)C2.O=C1CCCN1. The molecule has 0 aromatic rings. The van der Waals surface area contributed by atoms with Gasteiger partial charge in [0.05, 0.1) is 0 Å². The van der Waals surface area contributed by atoms with Crippen LogP contribution >= 0.6 is 0 Å². The Bertz CT molecular complexity index is 344. The molecule has 3 rings (SSSR count). The van der Waals surface area contributed by atoms with Crippen LogP contribution in [0.3, 0.4) is 0 Å². The summed E-state index contributed by atoms with van der Waals surface area (Å²) in [6.45, 7) is 0.888. The number of allylic oxidation sites excluding steroid dienone is 6. The molecule has 1 aliphatic heterocycles. The van der Waals surface area contributed by atoms with E-state index < -0.39 is 0 Å². The van der Waals surface area contributed by atoms with Crippen LogP contribution in [0.4, 0.5) is 4.39 Å². The van der Waals surface area contributed by atoms with Crippen molar-refractivity contribution in [3.05, 3.63) is 35.2 Å². The van der Waals surface area contributed by atoms with Gasteiger partial charge in [-0.1, -0.05) is 12.2 Å². The first-order valence-electron chi connectivity index (χ1n) is 4.80. The quantitative estimate of drug-likeness (QED) is 0.626. The van der Waals surface area contributed by atoms with Gasteiger partial charge in [0.25, 0.3) is 0 Å². The Morgan fingerprint density at radius 1 is 1.36 bits per heavy atom. The van der Waals surface area contributed by atoms with E-state index >= 15 is 0 Å². The third kappa shape index (κ3) is 1.92. The molecule has 14 heavy (non-hydrogen) atoms. The Labute approximate surface area is 82.2 Å². The summed E-state index contributed by atoms with van der Waals surface area (Å²) in [7, 11) is 0. The molecule has 1 amide bonds. The van der Waals surface area contributed by atoms with Crippen molar-refractivity contribution in [1.82, 2.24) is 5.32 Å². The first-order valence-corrected chi connectivity index (χ1v) is 4.80. The lowest BCUT2D eigenvalue weighted by Gasteiger charge is -1.85. The van der Waals surface area contributed by atoms with Gasteiger partial charge in [0, 0.05) is 19.4 Å². The van der Waals surface area contributed by atoms with E-state index in [9.17, 15) is 9.18 Å². The molecule has 0 radical (unpaired) electrons. The van der Waals surface area contributed by atoms with Gasteiger partial charge in [0.1, 0.15) is 5.83 Å². The molecule has 1 saturated heterocycles. The van der Waals surface area contributed by atoms with E-state index in [0.29, 0.717) is 0 Å². The smallest absolute Gasteiger partial charge is 0.220 e. The number of carbonyl (C=O) groups is 1. The molecule has 3 aliphatic rings. The van der Waals surface area contributed by atoms with E-state index in [-0.39, 0.29) is 11.7 Å². The van der Waals surface area contributed by atoms with Crippen LogP contribution in [-0.2, 0) is 4.79 Å². The summed E-state index contributed by atoms with van der Waals surface area (Å²) >= 11 is 0. The van der Waals surface area contributed by atoms with Crippen LogP contribution in [0.15, 0.2) is 35.2 Å². The van der Waals surface area contributed by atoms with Gasteiger partial charge in [-0.05, 0) is 23.6 Å². The van der Waals surface area contributed by atoms with E-state index in [0.717, 1.165) is 37.0 Å². The van der Waals surface area contributed by atoms with Crippen LogP contribution < -0.4 is 5.32 Å². The standard InChI is InChI=1S/C7H5F.C4H7NO/c8-7-4-5-1-2-6(7)3-5;6-4-2-1-3-5-4/h1-2,4H,3H2;1-3H2,(H,5,6). The monoisotopic (exact) mass is 193 g/mol. The molecule has 1 N–H and O–H groups in total. The molecule has 0 saturated carbocycles. The molecule has 1 fully saturated rings. The van der Waals surface area contributed by atoms with E-state index in [1.807, 2.05) is 12.2 Å². The van der Waals surface area contributed by atoms with Gasteiger partial charge in [0.15, 0.2) is 0 Å². The van der Waals surface area contributed by atoms with E-state index in [4.69, 9.17) is 0 Å². The van der Waals surface area contributed by atoms with Crippen molar-refractivity contribution >= 4 is 5.91 Å².